The van der Waals surface area contributed by atoms with Crippen molar-refractivity contribution in [1.82, 2.24) is 0 Å². The van der Waals surface area contributed by atoms with Gasteiger partial charge in [0.2, 0.25) is 0 Å². The predicted molar refractivity (Wildman–Crippen MR) is 85.6 cm³/mol. The molecule has 0 N–H and O–H groups in total. The van der Waals surface area contributed by atoms with E-state index in [1.54, 1.807) is 0 Å². The minimum atomic E-state index is -2.78. The number of rotatable bonds is 9. The van der Waals surface area contributed by atoms with Crippen molar-refractivity contribution in [2.24, 2.45) is 0 Å². The van der Waals surface area contributed by atoms with Crippen LogP contribution in [0.1, 0.15) is 41.5 Å². The van der Waals surface area contributed by atoms with E-state index in [1.165, 1.54) is 18.1 Å². The van der Waals surface area contributed by atoms with Gasteiger partial charge in [-0.1, -0.05) is 20.8 Å². The fraction of sp³-hybridized carbons (Fsp3) is 0.857. The summed E-state index contributed by atoms with van der Waals surface area (Å²) in [5.41, 5.74) is 6.87. The van der Waals surface area contributed by atoms with Crippen LogP contribution in [-0.4, -0.2) is 36.7 Å². The molecule has 0 unspecified atom stereocenters. The molecule has 19 heavy (non-hydrogen) atoms. The van der Waals surface area contributed by atoms with Crippen LogP contribution in [0.15, 0.2) is 0 Å². The lowest BCUT2D eigenvalue weighted by Gasteiger charge is -2.25. The standard InChI is InChI=1S/C14H30O3Si2/c1-7-15-19(16-8-2,17-9-3)14-13-18(10-4,11-5)12-6/h7-12H2,1-6H3. The summed E-state index contributed by atoms with van der Waals surface area (Å²) in [6, 6.07) is 3.55. The highest BCUT2D eigenvalue weighted by Gasteiger charge is 2.40. The van der Waals surface area contributed by atoms with E-state index < -0.39 is 16.9 Å². The van der Waals surface area contributed by atoms with Crippen LogP contribution >= 0.6 is 0 Å². The van der Waals surface area contributed by atoms with Crippen LogP contribution in [0.4, 0.5) is 0 Å². The Hall–Kier alpha value is -0.126. The average molecular weight is 303 g/mol. The Bertz CT molecular complexity index is 268. The zero-order valence-corrected chi connectivity index (χ0v) is 15.5. The molecule has 0 fully saturated rings. The molecule has 0 aliphatic heterocycles. The molecule has 5 heteroatoms. The fourth-order valence-electron chi connectivity index (χ4n) is 2.03. The smallest absolute Gasteiger partial charge is 0.364 e. The summed E-state index contributed by atoms with van der Waals surface area (Å²) < 4.78 is 17.3. The molecule has 0 heterocycles. The third-order valence-corrected chi connectivity index (χ3v) is 10.9. The largest absolute Gasteiger partial charge is 0.590 e. The quantitative estimate of drug-likeness (QED) is 0.481. The van der Waals surface area contributed by atoms with Crippen molar-refractivity contribution in [3.63, 3.8) is 0 Å². The first-order valence-electron chi connectivity index (χ1n) is 7.53. The van der Waals surface area contributed by atoms with Crippen LogP contribution in [-0.2, 0) is 13.3 Å². The van der Waals surface area contributed by atoms with Crippen molar-refractivity contribution in [3.05, 3.63) is 0 Å². The van der Waals surface area contributed by atoms with Crippen molar-refractivity contribution in [3.8, 4) is 11.1 Å². The van der Waals surface area contributed by atoms with Crippen LogP contribution in [0.2, 0.25) is 18.1 Å². The van der Waals surface area contributed by atoms with Crippen molar-refractivity contribution >= 4 is 16.9 Å². The second-order valence-corrected chi connectivity index (χ2v) is 11.6. The molecule has 0 amide bonds. The molecule has 112 valence electrons. The third-order valence-electron chi connectivity index (χ3n) is 3.51. The average Bonchev–Trinajstić information content (AvgIpc) is 2.42. The molecular weight excluding hydrogens is 272 g/mol. The zero-order valence-electron chi connectivity index (χ0n) is 13.5. The van der Waals surface area contributed by atoms with E-state index in [-0.39, 0.29) is 0 Å². The first-order chi connectivity index (χ1) is 9.07. The van der Waals surface area contributed by atoms with Gasteiger partial charge >= 0.3 is 8.80 Å². The lowest BCUT2D eigenvalue weighted by molar-refractivity contribution is 0.0871. The highest BCUT2D eigenvalue weighted by atomic mass is 28.4. The van der Waals surface area contributed by atoms with E-state index in [2.05, 4.69) is 31.9 Å². The molecule has 0 bridgehead atoms. The first-order valence-corrected chi connectivity index (χ1v) is 11.9. The Morgan fingerprint density at radius 1 is 0.632 bits per heavy atom. The van der Waals surface area contributed by atoms with Crippen LogP contribution in [0.25, 0.3) is 0 Å². The van der Waals surface area contributed by atoms with E-state index in [1.807, 2.05) is 20.8 Å². The minimum Gasteiger partial charge on any atom is -0.364 e. The Morgan fingerprint density at radius 3 is 1.26 bits per heavy atom. The van der Waals surface area contributed by atoms with Crippen molar-refractivity contribution in [1.29, 1.82) is 0 Å². The summed E-state index contributed by atoms with van der Waals surface area (Å²) in [6.07, 6.45) is 0. The van der Waals surface area contributed by atoms with Crippen LogP contribution in [0.3, 0.4) is 0 Å². The molecule has 3 nitrogen and oxygen atoms in total. The summed E-state index contributed by atoms with van der Waals surface area (Å²) in [7, 11) is -4.26. The van der Waals surface area contributed by atoms with E-state index in [0.717, 1.165) is 0 Å². The first kappa shape index (κ1) is 18.9. The molecule has 0 saturated heterocycles. The lowest BCUT2D eigenvalue weighted by Crippen LogP contribution is -2.46. The molecular formula is C14H30O3Si2. The van der Waals surface area contributed by atoms with Crippen molar-refractivity contribution < 1.29 is 13.3 Å². The van der Waals surface area contributed by atoms with Gasteiger partial charge in [-0.25, -0.2) is 0 Å². The molecule has 0 aliphatic rings. The fourth-order valence-corrected chi connectivity index (χ4v) is 7.34. The molecule has 0 radical (unpaired) electrons. The van der Waals surface area contributed by atoms with E-state index in [0.29, 0.717) is 19.8 Å². The molecule has 0 aromatic heterocycles. The van der Waals surface area contributed by atoms with Gasteiger partial charge in [-0.2, -0.15) is 0 Å². The Labute approximate surface area is 121 Å². The predicted octanol–water partition coefficient (Wildman–Crippen LogP) is 3.63. The van der Waals surface area contributed by atoms with E-state index in [9.17, 15) is 0 Å². The van der Waals surface area contributed by atoms with Gasteiger partial charge in [-0.15, -0.1) is 5.54 Å². The normalized spacial score (nSPS) is 12.1. The highest BCUT2D eigenvalue weighted by molar-refractivity contribution is 6.88. The van der Waals surface area contributed by atoms with Crippen LogP contribution in [0, 0.1) is 11.1 Å². The summed E-state index contributed by atoms with van der Waals surface area (Å²) in [5, 5.41) is 0. The maximum absolute atomic E-state index is 5.78. The molecule has 0 saturated carbocycles. The molecule has 0 aromatic rings. The maximum Gasteiger partial charge on any atom is 0.590 e. The van der Waals surface area contributed by atoms with Gasteiger partial charge in [-0.05, 0) is 44.4 Å². The second-order valence-electron chi connectivity index (χ2n) is 4.45. The molecule has 0 spiro atoms. The van der Waals surface area contributed by atoms with Gasteiger partial charge in [0.25, 0.3) is 0 Å². The number of hydrogen-bond donors (Lipinski definition) is 0. The molecule has 0 aliphatic carbocycles. The summed E-state index contributed by atoms with van der Waals surface area (Å²) in [5.74, 6) is 0. The maximum atomic E-state index is 5.78. The molecule has 0 atom stereocenters. The summed E-state index contributed by atoms with van der Waals surface area (Å²) >= 11 is 0. The van der Waals surface area contributed by atoms with Gasteiger partial charge < -0.3 is 13.3 Å². The van der Waals surface area contributed by atoms with Crippen LogP contribution < -0.4 is 0 Å². The Morgan fingerprint density at radius 2 is 1.00 bits per heavy atom. The van der Waals surface area contributed by atoms with Crippen molar-refractivity contribution in [2.75, 3.05) is 19.8 Å². The molecule has 0 rings (SSSR count). The summed E-state index contributed by atoms with van der Waals surface area (Å²) in [6.45, 7) is 14.4. The van der Waals surface area contributed by atoms with Gasteiger partial charge in [0.05, 0.1) is 0 Å². The van der Waals surface area contributed by atoms with Crippen LogP contribution in [0.5, 0.6) is 0 Å². The second kappa shape index (κ2) is 9.73. The zero-order chi connectivity index (χ0) is 14.8. The lowest BCUT2D eigenvalue weighted by atomic mass is 10.9. The topological polar surface area (TPSA) is 27.7 Å². The van der Waals surface area contributed by atoms with Gasteiger partial charge in [0.1, 0.15) is 8.07 Å². The monoisotopic (exact) mass is 302 g/mol. The summed E-state index contributed by atoms with van der Waals surface area (Å²) in [4.78, 5) is 0. The highest BCUT2D eigenvalue weighted by Crippen LogP contribution is 2.20. The minimum absolute atomic E-state index is 0.583. The SMILES string of the molecule is CCO[Si](C#C[Si](CC)(CC)CC)(OCC)OCC. The van der Waals surface area contributed by atoms with Gasteiger partial charge in [0.15, 0.2) is 0 Å². The van der Waals surface area contributed by atoms with E-state index >= 15 is 0 Å². The Kier molecular flexibility index (Phi) is 9.66. The van der Waals surface area contributed by atoms with Crippen molar-refractivity contribution in [2.45, 2.75) is 59.7 Å². The van der Waals surface area contributed by atoms with Gasteiger partial charge in [-0.3, -0.25) is 0 Å². The third kappa shape index (κ3) is 5.80. The molecule has 0 aromatic carbocycles. The van der Waals surface area contributed by atoms with Gasteiger partial charge in [0, 0.05) is 19.8 Å². The number of hydrogen-bond acceptors (Lipinski definition) is 3. The Balaban J connectivity index is 5.27. The van der Waals surface area contributed by atoms with E-state index in [4.69, 9.17) is 13.3 Å².